The SMILES string of the molecule is CN(C)S(=O)(=O)CCN=[N+]=[N-]. The van der Waals surface area contributed by atoms with Gasteiger partial charge >= 0.3 is 0 Å². The van der Waals surface area contributed by atoms with Crippen LogP contribution in [0.1, 0.15) is 0 Å². The second-order valence-electron chi connectivity index (χ2n) is 2.05. The van der Waals surface area contributed by atoms with Gasteiger partial charge in [-0.15, -0.1) is 0 Å². The Kier molecular flexibility index (Phi) is 3.88. The molecule has 0 aromatic carbocycles. The summed E-state index contributed by atoms with van der Waals surface area (Å²) >= 11 is 0. The van der Waals surface area contributed by atoms with Crippen LogP contribution in [0.4, 0.5) is 0 Å². The summed E-state index contributed by atoms with van der Waals surface area (Å²) in [6, 6.07) is 0. The molecule has 0 saturated carbocycles. The van der Waals surface area contributed by atoms with Gasteiger partial charge in [0.2, 0.25) is 10.0 Å². The van der Waals surface area contributed by atoms with Crippen LogP contribution in [0.3, 0.4) is 0 Å². The first-order valence-electron chi connectivity index (χ1n) is 2.92. The maximum atomic E-state index is 10.9. The van der Waals surface area contributed by atoms with E-state index in [2.05, 4.69) is 10.0 Å². The van der Waals surface area contributed by atoms with Gasteiger partial charge in [-0.2, -0.15) is 0 Å². The van der Waals surface area contributed by atoms with Gasteiger partial charge in [0.1, 0.15) is 0 Å². The summed E-state index contributed by atoms with van der Waals surface area (Å²) < 4.78 is 23.0. The quantitative estimate of drug-likeness (QED) is 0.349. The number of hydrogen-bond donors (Lipinski definition) is 0. The highest BCUT2D eigenvalue weighted by Crippen LogP contribution is 1.93. The first kappa shape index (κ1) is 10.2. The molecular weight excluding hydrogens is 168 g/mol. The molecule has 0 aliphatic heterocycles. The van der Waals surface area contributed by atoms with Crippen molar-refractivity contribution in [3.63, 3.8) is 0 Å². The van der Waals surface area contributed by atoms with Gasteiger partial charge in [0.05, 0.1) is 5.75 Å². The van der Waals surface area contributed by atoms with E-state index in [1.807, 2.05) is 0 Å². The van der Waals surface area contributed by atoms with Crippen molar-refractivity contribution in [1.29, 1.82) is 0 Å². The van der Waals surface area contributed by atoms with Crippen molar-refractivity contribution in [2.24, 2.45) is 5.11 Å². The molecule has 0 heterocycles. The number of rotatable bonds is 4. The van der Waals surface area contributed by atoms with Gasteiger partial charge in [-0.1, -0.05) is 5.11 Å². The molecule has 0 amide bonds. The number of nitrogens with zero attached hydrogens (tertiary/aromatic N) is 4. The molecule has 0 aromatic rings. The van der Waals surface area contributed by atoms with Crippen molar-refractivity contribution in [3.05, 3.63) is 10.4 Å². The van der Waals surface area contributed by atoms with Crippen LogP contribution < -0.4 is 0 Å². The summed E-state index contributed by atoms with van der Waals surface area (Å²) in [5.74, 6) is -0.135. The van der Waals surface area contributed by atoms with Crippen LogP contribution in [0.25, 0.3) is 10.4 Å². The van der Waals surface area contributed by atoms with Crippen molar-refractivity contribution in [3.8, 4) is 0 Å². The minimum absolute atomic E-state index is 0.0169. The van der Waals surface area contributed by atoms with Crippen LogP contribution in [0, 0.1) is 0 Å². The van der Waals surface area contributed by atoms with Gasteiger partial charge in [0.25, 0.3) is 0 Å². The maximum absolute atomic E-state index is 10.9. The normalized spacial score (nSPS) is 11.2. The zero-order chi connectivity index (χ0) is 8.91. The summed E-state index contributed by atoms with van der Waals surface area (Å²) in [7, 11) is -0.330. The first-order chi connectivity index (χ1) is 5.00. The fraction of sp³-hybridized carbons (Fsp3) is 1.00. The van der Waals surface area contributed by atoms with Crippen LogP contribution >= 0.6 is 0 Å². The third-order valence-corrected chi connectivity index (χ3v) is 2.88. The van der Waals surface area contributed by atoms with Crippen molar-refractivity contribution in [2.75, 3.05) is 26.4 Å². The van der Waals surface area contributed by atoms with Gasteiger partial charge in [-0.3, -0.25) is 0 Å². The second kappa shape index (κ2) is 4.17. The monoisotopic (exact) mass is 178 g/mol. The molecule has 0 atom stereocenters. The van der Waals surface area contributed by atoms with Gasteiger partial charge in [0.15, 0.2) is 0 Å². The van der Waals surface area contributed by atoms with E-state index < -0.39 is 10.0 Å². The van der Waals surface area contributed by atoms with E-state index >= 15 is 0 Å². The Labute approximate surface area is 65.5 Å². The molecule has 0 radical (unpaired) electrons. The molecular formula is C4H10N4O2S. The molecule has 0 saturated heterocycles. The van der Waals surface area contributed by atoms with Crippen molar-refractivity contribution >= 4 is 10.0 Å². The van der Waals surface area contributed by atoms with Crippen molar-refractivity contribution in [1.82, 2.24) is 4.31 Å². The fourth-order valence-corrected chi connectivity index (χ4v) is 1.06. The standard InChI is InChI=1S/C4H10N4O2S/c1-8(2)11(9,10)4-3-6-7-5/h3-4H2,1-2H3. The summed E-state index contributed by atoms with van der Waals surface area (Å²) in [5, 5.41) is 3.11. The van der Waals surface area contributed by atoms with E-state index in [0.717, 1.165) is 4.31 Å². The Balaban J connectivity index is 4.05. The smallest absolute Gasteiger partial charge is 0.212 e. The minimum Gasteiger partial charge on any atom is -0.212 e. The predicted octanol–water partition coefficient (Wildman–Crippen LogP) is 0.188. The third-order valence-electron chi connectivity index (χ3n) is 1.07. The third kappa shape index (κ3) is 3.82. The Morgan fingerprint density at radius 2 is 2.09 bits per heavy atom. The highest BCUT2D eigenvalue weighted by Gasteiger charge is 2.11. The molecule has 7 heteroatoms. The van der Waals surface area contributed by atoms with Gasteiger partial charge < -0.3 is 0 Å². The summed E-state index contributed by atoms with van der Waals surface area (Å²) in [5.41, 5.74) is 7.85. The molecule has 11 heavy (non-hydrogen) atoms. The van der Waals surface area contributed by atoms with Gasteiger partial charge in [0, 0.05) is 25.6 Å². The maximum Gasteiger partial charge on any atom is 0.213 e. The minimum atomic E-state index is -3.20. The Hall–Kier alpha value is -0.780. The Bertz CT molecular complexity index is 251. The van der Waals surface area contributed by atoms with E-state index in [4.69, 9.17) is 5.53 Å². The highest BCUT2D eigenvalue weighted by molar-refractivity contribution is 7.89. The van der Waals surface area contributed by atoms with Gasteiger partial charge in [-0.25, -0.2) is 12.7 Å². The van der Waals surface area contributed by atoms with E-state index in [-0.39, 0.29) is 12.3 Å². The Morgan fingerprint density at radius 1 is 1.55 bits per heavy atom. The van der Waals surface area contributed by atoms with Crippen LogP contribution in [0.15, 0.2) is 5.11 Å². The lowest BCUT2D eigenvalue weighted by molar-refractivity contribution is 0.521. The summed E-state index contributed by atoms with van der Waals surface area (Å²) in [4.78, 5) is 2.44. The lowest BCUT2D eigenvalue weighted by Crippen LogP contribution is -2.26. The average Bonchev–Trinajstić information content (AvgIpc) is 1.88. The van der Waals surface area contributed by atoms with Gasteiger partial charge in [-0.05, 0) is 5.53 Å². The van der Waals surface area contributed by atoms with E-state index in [0.29, 0.717) is 0 Å². The molecule has 0 rings (SSSR count). The lowest BCUT2D eigenvalue weighted by Gasteiger charge is -2.08. The molecule has 6 nitrogen and oxygen atoms in total. The number of hydrogen-bond acceptors (Lipinski definition) is 3. The van der Waals surface area contributed by atoms with E-state index in [1.54, 1.807) is 0 Å². The number of azide groups is 1. The molecule has 0 aromatic heterocycles. The summed E-state index contributed by atoms with van der Waals surface area (Å²) in [6.07, 6.45) is 0. The molecule has 0 fully saturated rings. The fourth-order valence-electron chi connectivity index (χ4n) is 0.383. The molecule has 0 aliphatic carbocycles. The topological polar surface area (TPSA) is 86.1 Å². The van der Waals surface area contributed by atoms with Crippen molar-refractivity contribution in [2.45, 2.75) is 0 Å². The van der Waals surface area contributed by atoms with Crippen LogP contribution in [-0.2, 0) is 10.0 Å². The van der Waals surface area contributed by atoms with Crippen LogP contribution in [0.5, 0.6) is 0 Å². The zero-order valence-corrected chi connectivity index (χ0v) is 7.24. The zero-order valence-electron chi connectivity index (χ0n) is 6.43. The lowest BCUT2D eigenvalue weighted by atomic mass is 10.8. The van der Waals surface area contributed by atoms with Crippen LogP contribution in [0.2, 0.25) is 0 Å². The van der Waals surface area contributed by atoms with E-state index in [1.165, 1.54) is 14.1 Å². The Morgan fingerprint density at radius 3 is 2.45 bits per heavy atom. The molecule has 0 spiro atoms. The predicted molar refractivity (Wildman–Crippen MR) is 41.5 cm³/mol. The molecule has 64 valence electrons. The first-order valence-corrected chi connectivity index (χ1v) is 4.52. The highest BCUT2D eigenvalue weighted by atomic mass is 32.2. The average molecular weight is 178 g/mol. The van der Waals surface area contributed by atoms with E-state index in [9.17, 15) is 8.42 Å². The van der Waals surface area contributed by atoms with Crippen molar-refractivity contribution < 1.29 is 8.42 Å². The van der Waals surface area contributed by atoms with Crippen LogP contribution in [-0.4, -0.2) is 39.1 Å². The molecule has 0 bridgehead atoms. The molecule has 0 N–H and O–H groups in total. The molecule has 0 aliphatic rings. The molecule has 0 unspecified atom stereocenters. The summed E-state index contributed by atoms with van der Waals surface area (Å²) in [6.45, 7) is -0.0169. The number of sulfonamides is 1. The second-order valence-corrected chi connectivity index (χ2v) is 4.36. The largest absolute Gasteiger partial charge is 0.213 e.